The number of benzene rings is 1. The van der Waals surface area contributed by atoms with Crippen molar-refractivity contribution < 1.29 is 0 Å². The first-order chi connectivity index (χ1) is 7.25. The van der Waals surface area contributed by atoms with E-state index in [1.807, 2.05) is 31.2 Å². The molecule has 15 heavy (non-hydrogen) atoms. The predicted octanol–water partition coefficient (Wildman–Crippen LogP) is 2.01. The molecule has 1 N–H and O–H groups in total. The minimum Gasteiger partial charge on any atom is -0.349 e. The molecule has 0 radical (unpaired) electrons. The summed E-state index contributed by atoms with van der Waals surface area (Å²) in [6.07, 6.45) is 0. The fraction of sp³-hybridized carbons (Fsp3) is 0.182. The highest BCUT2D eigenvalue weighted by atomic mass is 15.2. The van der Waals surface area contributed by atoms with E-state index in [9.17, 15) is 0 Å². The van der Waals surface area contributed by atoms with Gasteiger partial charge in [-0.1, -0.05) is 24.3 Å². The third kappa shape index (κ3) is 2.28. The van der Waals surface area contributed by atoms with Crippen LogP contribution in [0.1, 0.15) is 6.92 Å². The van der Waals surface area contributed by atoms with Gasteiger partial charge in [0.15, 0.2) is 0 Å². The van der Waals surface area contributed by atoms with Gasteiger partial charge in [-0.25, -0.2) is 4.98 Å². The Morgan fingerprint density at radius 1 is 1.27 bits per heavy atom. The molecular weight excluding hydrogens is 188 g/mol. The molecule has 0 atom stereocenters. The molecule has 0 fully saturated rings. The van der Waals surface area contributed by atoms with E-state index in [0.717, 1.165) is 16.6 Å². The van der Waals surface area contributed by atoms with E-state index < -0.39 is 0 Å². The van der Waals surface area contributed by atoms with E-state index in [2.05, 4.69) is 27.1 Å². The number of nitrogens with zero attached hydrogens (tertiary/aromatic N) is 3. The molecule has 0 saturated heterocycles. The summed E-state index contributed by atoms with van der Waals surface area (Å²) in [4.78, 5) is 4.32. The van der Waals surface area contributed by atoms with Crippen LogP contribution in [0.3, 0.4) is 0 Å². The molecule has 0 aliphatic carbocycles. The summed E-state index contributed by atoms with van der Waals surface area (Å²) >= 11 is 0. The summed E-state index contributed by atoms with van der Waals surface area (Å²) in [5, 5.41) is 11.1. The van der Waals surface area contributed by atoms with Crippen LogP contribution in [0.15, 0.2) is 36.4 Å². The van der Waals surface area contributed by atoms with Crippen molar-refractivity contribution in [2.75, 3.05) is 11.9 Å². The van der Waals surface area contributed by atoms with Gasteiger partial charge in [-0.15, -0.1) is 10.2 Å². The van der Waals surface area contributed by atoms with Gasteiger partial charge >= 0.3 is 0 Å². The van der Waals surface area contributed by atoms with E-state index in [1.54, 1.807) is 0 Å². The molecule has 1 heterocycles. The van der Waals surface area contributed by atoms with Crippen LogP contribution in [-0.4, -0.2) is 21.7 Å². The van der Waals surface area contributed by atoms with E-state index in [0.29, 0.717) is 12.5 Å². The average molecular weight is 200 g/mol. The lowest BCUT2D eigenvalue weighted by Crippen LogP contribution is -2.06. The zero-order chi connectivity index (χ0) is 10.7. The molecule has 0 saturated carbocycles. The highest BCUT2D eigenvalue weighted by Gasteiger charge is 1.99. The number of anilines is 1. The smallest absolute Gasteiger partial charge is 0.243 e. The Labute approximate surface area is 88.1 Å². The molecule has 0 amide bonds. The second kappa shape index (κ2) is 4.04. The number of fused-ring (bicyclic) bond motifs is 1. The van der Waals surface area contributed by atoms with Crippen LogP contribution in [0.25, 0.3) is 11.0 Å². The minimum atomic E-state index is 0.539. The van der Waals surface area contributed by atoms with Crippen molar-refractivity contribution in [3.8, 4) is 0 Å². The quantitative estimate of drug-likeness (QED) is 0.770. The molecule has 4 heteroatoms. The molecule has 0 aliphatic heterocycles. The zero-order valence-electron chi connectivity index (χ0n) is 8.57. The summed E-state index contributed by atoms with van der Waals surface area (Å²) in [5.74, 6) is 0.539. The summed E-state index contributed by atoms with van der Waals surface area (Å²) in [6.45, 7) is 6.41. The third-order valence-electron chi connectivity index (χ3n) is 1.91. The molecule has 1 aromatic carbocycles. The lowest BCUT2D eigenvalue weighted by Gasteiger charge is -2.03. The van der Waals surface area contributed by atoms with Crippen LogP contribution in [0.2, 0.25) is 0 Å². The second-order valence-corrected chi connectivity index (χ2v) is 3.43. The van der Waals surface area contributed by atoms with Crippen LogP contribution in [0.4, 0.5) is 5.95 Å². The van der Waals surface area contributed by atoms with Crippen molar-refractivity contribution in [2.45, 2.75) is 6.92 Å². The topological polar surface area (TPSA) is 50.7 Å². The van der Waals surface area contributed by atoms with Crippen molar-refractivity contribution in [1.82, 2.24) is 15.2 Å². The van der Waals surface area contributed by atoms with Crippen molar-refractivity contribution >= 4 is 17.0 Å². The first-order valence-electron chi connectivity index (χ1n) is 4.73. The zero-order valence-corrected chi connectivity index (χ0v) is 8.57. The predicted molar refractivity (Wildman–Crippen MR) is 60.6 cm³/mol. The van der Waals surface area contributed by atoms with Gasteiger partial charge in [0, 0.05) is 6.54 Å². The number of aromatic nitrogens is 3. The van der Waals surface area contributed by atoms with Crippen molar-refractivity contribution in [1.29, 1.82) is 0 Å². The Hall–Kier alpha value is -1.97. The van der Waals surface area contributed by atoms with Crippen molar-refractivity contribution in [2.24, 2.45) is 0 Å². The lowest BCUT2D eigenvalue weighted by atomic mass is 10.3. The van der Waals surface area contributed by atoms with Gasteiger partial charge < -0.3 is 5.32 Å². The normalized spacial score (nSPS) is 10.2. The van der Waals surface area contributed by atoms with E-state index in [-0.39, 0.29) is 0 Å². The van der Waals surface area contributed by atoms with Crippen LogP contribution >= 0.6 is 0 Å². The fourth-order valence-corrected chi connectivity index (χ4v) is 1.19. The van der Waals surface area contributed by atoms with Crippen molar-refractivity contribution in [3.05, 3.63) is 36.4 Å². The SMILES string of the molecule is C=C(C)CNc1nnc2ccccc2n1. The highest BCUT2D eigenvalue weighted by Crippen LogP contribution is 2.08. The van der Waals surface area contributed by atoms with Crippen LogP contribution in [0, 0.1) is 0 Å². The van der Waals surface area contributed by atoms with Gasteiger partial charge in [0.1, 0.15) is 5.52 Å². The summed E-state index contributed by atoms with van der Waals surface area (Å²) in [6, 6.07) is 7.65. The van der Waals surface area contributed by atoms with E-state index in [1.165, 1.54) is 0 Å². The number of para-hydroxylation sites is 1. The summed E-state index contributed by atoms with van der Waals surface area (Å²) in [5.41, 5.74) is 2.68. The first kappa shape index (κ1) is 9.58. The monoisotopic (exact) mass is 200 g/mol. The largest absolute Gasteiger partial charge is 0.349 e. The minimum absolute atomic E-state index is 0.539. The molecule has 4 nitrogen and oxygen atoms in total. The second-order valence-electron chi connectivity index (χ2n) is 3.43. The lowest BCUT2D eigenvalue weighted by molar-refractivity contribution is 1.00. The number of nitrogens with one attached hydrogen (secondary N) is 1. The number of hydrogen-bond acceptors (Lipinski definition) is 4. The fourth-order valence-electron chi connectivity index (χ4n) is 1.19. The molecule has 0 aliphatic rings. The number of hydrogen-bond donors (Lipinski definition) is 1. The number of rotatable bonds is 3. The van der Waals surface area contributed by atoms with Gasteiger partial charge in [-0.3, -0.25) is 0 Å². The van der Waals surface area contributed by atoms with Gasteiger partial charge in [-0.05, 0) is 19.1 Å². The Kier molecular flexibility index (Phi) is 2.58. The molecule has 0 spiro atoms. The average Bonchev–Trinajstić information content (AvgIpc) is 2.26. The van der Waals surface area contributed by atoms with Gasteiger partial charge in [-0.2, -0.15) is 0 Å². The molecule has 2 aromatic rings. The Morgan fingerprint density at radius 3 is 2.73 bits per heavy atom. The molecule has 0 unspecified atom stereocenters. The Morgan fingerprint density at radius 2 is 2.00 bits per heavy atom. The molecule has 1 aromatic heterocycles. The van der Waals surface area contributed by atoms with Gasteiger partial charge in [0.05, 0.1) is 5.52 Å². The molecule has 0 bridgehead atoms. The third-order valence-corrected chi connectivity index (χ3v) is 1.91. The van der Waals surface area contributed by atoms with Crippen molar-refractivity contribution in [3.63, 3.8) is 0 Å². The van der Waals surface area contributed by atoms with Crippen LogP contribution in [-0.2, 0) is 0 Å². The highest BCUT2D eigenvalue weighted by molar-refractivity contribution is 5.74. The Balaban J connectivity index is 2.26. The summed E-state index contributed by atoms with van der Waals surface area (Å²) < 4.78 is 0. The van der Waals surface area contributed by atoms with Gasteiger partial charge in [0.2, 0.25) is 5.95 Å². The van der Waals surface area contributed by atoms with E-state index in [4.69, 9.17) is 0 Å². The van der Waals surface area contributed by atoms with Gasteiger partial charge in [0.25, 0.3) is 0 Å². The maximum Gasteiger partial charge on any atom is 0.243 e. The van der Waals surface area contributed by atoms with E-state index >= 15 is 0 Å². The first-order valence-corrected chi connectivity index (χ1v) is 4.73. The standard InChI is InChI=1S/C11H12N4/c1-8(2)7-12-11-13-9-5-3-4-6-10(9)14-15-11/h3-6H,1,7H2,2H3,(H,12,13,15). The maximum absolute atomic E-state index is 4.32. The molecular formula is C11H12N4. The molecule has 2 rings (SSSR count). The Bertz CT molecular complexity index is 493. The molecule has 76 valence electrons. The summed E-state index contributed by atoms with van der Waals surface area (Å²) in [7, 11) is 0. The maximum atomic E-state index is 4.32. The van der Waals surface area contributed by atoms with Crippen LogP contribution < -0.4 is 5.32 Å². The van der Waals surface area contributed by atoms with Crippen LogP contribution in [0.5, 0.6) is 0 Å².